The number of benzene rings is 1. The molecule has 0 radical (unpaired) electrons. The first-order valence-corrected chi connectivity index (χ1v) is 5.66. The number of hydrogen-bond donors (Lipinski definition) is 1. The van der Waals surface area contributed by atoms with Gasteiger partial charge in [-0.15, -0.1) is 0 Å². The average molecular weight is 255 g/mol. The summed E-state index contributed by atoms with van der Waals surface area (Å²) in [6, 6.07) is 5.42. The second kappa shape index (κ2) is 6.25. The maximum Gasteiger partial charge on any atom is 0.354 e. The zero-order valence-corrected chi connectivity index (χ0v) is 10.8. The van der Waals surface area contributed by atoms with Crippen LogP contribution in [0, 0.1) is 6.92 Å². The maximum absolute atomic E-state index is 11.3. The zero-order valence-electron chi connectivity index (χ0n) is 10.1. The molecular formula is C12H15ClN2O2. The van der Waals surface area contributed by atoms with Gasteiger partial charge in [-0.2, -0.15) is 5.10 Å². The highest BCUT2D eigenvalue weighted by Crippen LogP contribution is 2.19. The predicted octanol–water partition coefficient (Wildman–Crippen LogP) is 3.00. The minimum Gasteiger partial charge on any atom is -0.461 e. The summed E-state index contributed by atoms with van der Waals surface area (Å²) < 4.78 is 4.81. The van der Waals surface area contributed by atoms with E-state index in [0.717, 1.165) is 11.3 Å². The lowest BCUT2D eigenvalue weighted by Crippen LogP contribution is -2.15. The SMILES string of the molecule is CCOC(=O)/C(C)=N/Nc1cc(Cl)ccc1C. The molecule has 0 unspecified atom stereocenters. The van der Waals surface area contributed by atoms with Crippen molar-refractivity contribution in [1.29, 1.82) is 0 Å². The summed E-state index contributed by atoms with van der Waals surface area (Å²) in [4.78, 5) is 11.3. The number of rotatable bonds is 4. The largest absolute Gasteiger partial charge is 0.461 e. The van der Waals surface area contributed by atoms with Gasteiger partial charge in [0.1, 0.15) is 5.71 Å². The van der Waals surface area contributed by atoms with Gasteiger partial charge in [0.2, 0.25) is 0 Å². The van der Waals surface area contributed by atoms with E-state index in [9.17, 15) is 4.79 Å². The van der Waals surface area contributed by atoms with Crippen molar-refractivity contribution in [3.05, 3.63) is 28.8 Å². The number of ether oxygens (including phenoxy) is 1. The van der Waals surface area contributed by atoms with E-state index in [0.29, 0.717) is 11.6 Å². The van der Waals surface area contributed by atoms with Crippen molar-refractivity contribution >= 4 is 29.0 Å². The third-order valence-electron chi connectivity index (χ3n) is 2.11. The fraction of sp³-hybridized carbons (Fsp3) is 0.333. The van der Waals surface area contributed by atoms with Gasteiger partial charge >= 0.3 is 5.97 Å². The molecular weight excluding hydrogens is 240 g/mol. The second-order valence-corrected chi connectivity index (χ2v) is 3.93. The Bertz CT molecular complexity index is 444. The third-order valence-corrected chi connectivity index (χ3v) is 2.35. The Balaban J connectivity index is 2.75. The Morgan fingerprint density at radius 1 is 1.53 bits per heavy atom. The van der Waals surface area contributed by atoms with Crippen molar-refractivity contribution in [3.8, 4) is 0 Å². The molecule has 1 N–H and O–H groups in total. The van der Waals surface area contributed by atoms with Crippen LogP contribution in [0.4, 0.5) is 5.69 Å². The summed E-state index contributed by atoms with van der Waals surface area (Å²) in [5.74, 6) is -0.431. The molecule has 0 aromatic heterocycles. The van der Waals surface area contributed by atoms with Crippen LogP contribution in [0.2, 0.25) is 5.02 Å². The lowest BCUT2D eigenvalue weighted by molar-refractivity contribution is -0.135. The molecule has 17 heavy (non-hydrogen) atoms. The van der Waals surface area contributed by atoms with Gasteiger partial charge in [-0.25, -0.2) is 4.79 Å². The molecule has 0 aliphatic heterocycles. The molecule has 1 aromatic carbocycles. The Morgan fingerprint density at radius 2 is 2.24 bits per heavy atom. The van der Waals surface area contributed by atoms with Gasteiger partial charge in [-0.05, 0) is 38.5 Å². The number of carbonyl (C=O) groups excluding carboxylic acids is 1. The molecule has 0 aliphatic rings. The van der Waals surface area contributed by atoms with Crippen LogP contribution in [0.3, 0.4) is 0 Å². The molecule has 0 saturated heterocycles. The van der Waals surface area contributed by atoms with Gasteiger partial charge < -0.3 is 4.74 Å². The zero-order chi connectivity index (χ0) is 12.8. The van der Waals surface area contributed by atoms with E-state index in [1.54, 1.807) is 26.0 Å². The van der Waals surface area contributed by atoms with Gasteiger partial charge in [-0.1, -0.05) is 17.7 Å². The van der Waals surface area contributed by atoms with Gasteiger partial charge in [0.15, 0.2) is 0 Å². The number of aryl methyl sites for hydroxylation is 1. The highest BCUT2D eigenvalue weighted by atomic mass is 35.5. The molecule has 0 atom stereocenters. The van der Waals surface area contributed by atoms with Gasteiger partial charge in [0.25, 0.3) is 0 Å². The van der Waals surface area contributed by atoms with E-state index in [1.165, 1.54) is 0 Å². The molecule has 5 heteroatoms. The first-order chi connectivity index (χ1) is 8.04. The van der Waals surface area contributed by atoms with Crippen molar-refractivity contribution in [2.45, 2.75) is 20.8 Å². The Labute approximate surface area is 106 Å². The lowest BCUT2D eigenvalue weighted by Gasteiger charge is -2.06. The molecule has 1 rings (SSSR count). The molecule has 0 aliphatic carbocycles. The predicted molar refractivity (Wildman–Crippen MR) is 69.6 cm³/mol. The van der Waals surface area contributed by atoms with Crippen molar-refractivity contribution in [2.75, 3.05) is 12.0 Å². The smallest absolute Gasteiger partial charge is 0.354 e. The van der Waals surface area contributed by atoms with Gasteiger partial charge in [-0.3, -0.25) is 5.43 Å². The first-order valence-electron chi connectivity index (χ1n) is 5.28. The van der Waals surface area contributed by atoms with Crippen molar-refractivity contribution in [3.63, 3.8) is 0 Å². The van der Waals surface area contributed by atoms with Crippen LogP contribution < -0.4 is 5.43 Å². The second-order valence-electron chi connectivity index (χ2n) is 3.49. The van der Waals surface area contributed by atoms with Crippen molar-refractivity contribution in [1.82, 2.24) is 0 Å². The number of nitrogens with zero attached hydrogens (tertiary/aromatic N) is 1. The number of esters is 1. The Morgan fingerprint density at radius 3 is 2.88 bits per heavy atom. The quantitative estimate of drug-likeness (QED) is 0.511. The molecule has 0 amide bonds. The number of hydrazone groups is 1. The highest BCUT2D eigenvalue weighted by Gasteiger charge is 2.06. The molecule has 0 bridgehead atoms. The van der Waals surface area contributed by atoms with Crippen LogP contribution in [0.5, 0.6) is 0 Å². The normalized spacial score (nSPS) is 11.2. The van der Waals surface area contributed by atoms with Gasteiger partial charge in [0, 0.05) is 5.02 Å². The molecule has 0 fully saturated rings. The van der Waals surface area contributed by atoms with E-state index in [-0.39, 0.29) is 5.71 Å². The Hall–Kier alpha value is -1.55. The summed E-state index contributed by atoms with van der Waals surface area (Å²) in [5, 5.41) is 4.56. The fourth-order valence-electron chi connectivity index (χ4n) is 1.14. The van der Waals surface area contributed by atoms with Crippen LogP contribution in [-0.2, 0) is 9.53 Å². The van der Waals surface area contributed by atoms with Crippen LogP contribution >= 0.6 is 11.6 Å². The van der Waals surface area contributed by atoms with Gasteiger partial charge in [0.05, 0.1) is 12.3 Å². The molecule has 1 aromatic rings. The molecule has 0 heterocycles. The summed E-state index contributed by atoms with van der Waals surface area (Å²) >= 11 is 5.86. The molecule has 0 saturated carbocycles. The first kappa shape index (κ1) is 13.5. The van der Waals surface area contributed by atoms with E-state index < -0.39 is 5.97 Å². The fourth-order valence-corrected chi connectivity index (χ4v) is 1.31. The number of nitrogens with one attached hydrogen (secondary N) is 1. The number of halogens is 1. The van der Waals surface area contributed by atoms with Crippen LogP contribution in [-0.4, -0.2) is 18.3 Å². The minimum atomic E-state index is -0.431. The minimum absolute atomic E-state index is 0.270. The maximum atomic E-state index is 11.3. The molecule has 4 nitrogen and oxygen atoms in total. The average Bonchev–Trinajstić information content (AvgIpc) is 2.30. The van der Waals surface area contributed by atoms with Crippen molar-refractivity contribution in [2.24, 2.45) is 5.10 Å². The van der Waals surface area contributed by atoms with Crippen molar-refractivity contribution < 1.29 is 9.53 Å². The van der Waals surface area contributed by atoms with Crippen LogP contribution in [0.25, 0.3) is 0 Å². The summed E-state index contributed by atoms with van der Waals surface area (Å²) in [6.07, 6.45) is 0. The van der Waals surface area contributed by atoms with Crippen LogP contribution in [0.1, 0.15) is 19.4 Å². The number of hydrogen-bond acceptors (Lipinski definition) is 4. The Kier molecular flexibility index (Phi) is 4.97. The molecule has 92 valence electrons. The molecule has 0 spiro atoms. The standard InChI is InChI=1S/C12H15ClN2O2/c1-4-17-12(16)9(3)14-15-11-7-10(13)6-5-8(11)2/h5-7,15H,4H2,1-3H3/b14-9+. The highest BCUT2D eigenvalue weighted by molar-refractivity contribution is 6.35. The summed E-state index contributed by atoms with van der Waals surface area (Å²) in [6.45, 7) is 5.60. The van der Waals surface area contributed by atoms with E-state index in [2.05, 4.69) is 10.5 Å². The lowest BCUT2D eigenvalue weighted by atomic mass is 10.2. The topological polar surface area (TPSA) is 50.7 Å². The number of carbonyl (C=O) groups is 1. The number of anilines is 1. The summed E-state index contributed by atoms with van der Waals surface area (Å²) in [7, 11) is 0. The van der Waals surface area contributed by atoms with Crippen LogP contribution in [0.15, 0.2) is 23.3 Å². The monoisotopic (exact) mass is 254 g/mol. The van der Waals surface area contributed by atoms with E-state index in [4.69, 9.17) is 16.3 Å². The third kappa shape index (κ3) is 4.07. The summed E-state index contributed by atoms with van der Waals surface area (Å²) in [5.41, 5.74) is 4.83. The van der Waals surface area contributed by atoms with E-state index >= 15 is 0 Å². The van der Waals surface area contributed by atoms with E-state index in [1.807, 2.05) is 13.0 Å².